The van der Waals surface area contributed by atoms with Gasteiger partial charge in [0.05, 0.1) is 10.0 Å². The molecule has 1 atom stereocenters. The summed E-state index contributed by atoms with van der Waals surface area (Å²) in [6, 6.07) is 5.81. The number of carbonyl (C=O) groups is 2. The number of nitrogens with two attached hydrogens (primary N) is 1. The highest BCUT2D eigenvalue weighted by Gasteiger charge is 2.36. The molecule has 2 heterocycles. The summed E-state index contributed by atoms with van der Waals surface area (Å²) in [4.78, 5) is 25.4. The van der Waals surface area contributed by atoms with Crippen LogP contribution in [0, 0.1) is 5.82 Å². The summed E-state index contributed by atoms with van der Waals surface area (Å²) in [7, 11) is -3.89. The van der Waals surface area contributed by atoms with Gasteiger partial charge < -0.3 is 10.6 Å². The average molecular weight is 444 g/mol. The Morgan fingerprint density at radius 1 is 1.36 bits per heavy atom. The first-order valence-electron chi connectivity index (χ1n) is 8.03. The molecule has 1 aliphatic heterocycles. The summed E-state index contributed by atoms with van der Waals surface area (Å²) in [5.74, 6) is -2.16. The Balaban J connectivity index is 1.71. The number of carbonyl (C=O) groups excluding carboxylic acids is 2. The quantitative estimate of drug-likeness (QED) is 0.713. The van der Waals surface area contributed by atoms with E-state index in [2.05, 4.69) is 4.72 Å². The Hall–Kier alpha value is -2.27. The number of thiophene rings is 1. The maximum absolute atomic E-state index is 14.2. The number of hydrogen-bond acceptors (Lipinski definition) is 5. The number of sulfonamides is 1. The molecule has 1 aromatic carbocycles. The third kappa shape index (κ3) is 4.58. The number of nitrogens with one attached hydrogen (secondary N) is 1. The Morgan fingerprint density at radius 2 is 2.11 bits per heavy atom. The lowest BCUT2D eigenvalue weighted by molar-refractivity contribution is -0.118. The number of rotatable bonds is 6. The van der Waals surface area contributed by atoms with Crippen molar-refractivity contribution >= 4 is 56.5 Å². The summed E-state index contributed by atoms with van der Waals surface area (Å²) < 4.78 is 41.5. The molecule has 3 N–H and O–H groups in total. The molecule has 7 nitrogen and oxygen atoms in total. The molecule has 1 aliphatic rings. The molecule has 0 saturated carbocycles. The number of primary amides is 1. The van der Waals surface area contributed by atoms with Crippen molar-refractivity contribution in [3.63, 3.8) is 0 Å². The second-order valence-electron chi connectivity index (χ2n) is 5.97. The van der Waals surface area contributed by atoms with Crippen LogP contribution >= 0.6 is 22.9 Å². The zero-order valence-electron chi connectivity index (χ0n) is 14.3. The zero-order chi connectivity index (χ0) is 20.5. The lowest BCUT2D eigenvalue weighted by Crippen LogP contribution is -2.40. The van der Waals surface area contributed by atoms with Crippen LogP contribution in [0.4, 0.5) is 10.1 Å². The minimum atomic E-state index is -3.89. The monoisotopic (exact) mass is 443 g/mol. The van der Waals surface area contributed by atoms with Gasteiger partial charge in [0.15, 0.2) is 0 Å². The van der Waals surface area contributed by atoms with Crippen LogP contribution in [-0.2, 0) is 14.8 Å². The number of anilines is 1. The fourth-order valence-electron chi connectivity index (χ4n) is 2.72. The van der Waals surface area contributed by atoms with E-state index < -0.39 is 33.7 Å². The third-order valence-electron chi connectivity index (χ3n) is 4.04. The van der Waals surface area contributed by atoms with Crippen LogP contribution in [0.3, 0.4) is 0 Å². The van der Waals surface area contributed by atoms with Gasteiger partial charge in [-0.1, -0.05) is 11.6 Å². The fraction of sp³-hybridized carbons (Fsp3) is 0.176. The molecule has 2 aromatic rings. The summed E-state index contributed by atoms with van der Waals surface area (Å²) in [5, 5.41) is 0.952. The fourth-order valence-corrected chi connectivity index (χ4v) is 4.79. The number of hydrogen-bond donors (Lipinski definition) is 2. The van der Waals surface area contributed by atoms with Crippen molar-refractivity contribution in [3.8, 4) is 0 Å². The zero-order valence-corrected chi connectivity index (χ0v) is 16.7. The third-order valence-corrected chi connectivity index (χ3v) is 6.34. The first kappa shape index (κ1) is 20.5. The molecule has 0 bridgehead atoms. The van der Waals surface area contributed by atoms with Crippen molar-refractivity contribution in [2.45, 2.75) is 12.5 Å². The molecule has 2 amide bonds. The molecule has 0 radical (unpaired) electrons. The van der Waals surface area contributed by atoms with E-state index in [0.717, 1.165) is 16.4 Å². The Labute approximate surface area is 169 Å². The Morgan fingerprint density at radius 3 is 2.71 bits per heavy atom. The Kier molecular flexibility index (Phi) is 5.84. The van der Waals surface area contributed by atoms with E-state index in [4.69, 9.17) is 17.3 Å². The van der Waals surface area contributed by atoms with Crippen molar-refractivity contribution < 1.29 is 22.4 Å². The van der Waals surface area contributed by atoms with Gasteiger partial charge in [0, 0.05) is 22.4 Å². The van der Waals surface area contributed by atoms with Crippen LogP contribution in [0.5, 0.6) is 0 Å². The van der Waals surface area contributed by atoms with Crippen molar-refractivity contribution in [3.05, 3.63) is 56.3 Å². The molecular formula is C17H15ClFN3O4S2. The van der Waals surface area contributed by atoms with Gasteiger partial charge in [0.1, 0.15) is 11.9 Å². The van der Waals surface area contributed by atoms with Gasteiger partial charge in [0.25, 0.3) is 0 Å². The summed E-state index contributed by atoms with van der Waals surface area (Å²) in [5.41, 5.74) is 5.04. The molecule has 0 spiro atoms. The van der Waals surface area contributed by atoms with Gasteiger partial charge in [-0.2, -0.15) is 4.72 Å². The van der Waals surface area contributed by atoms with E-state index in [1.165, 1.54) is 29.5 Å². The first-order chi connectivity index (χ1) is 13.2. The van der Waals surface area contributed by atoms with Gasteiger partial charge in [0.2, 0.25) is 21.8 Å². The number of nitrogens with zero attached hydrogens (tertiary/aromatic N) is 1. The van der Waals surface area contributed by atoms with E-state index in [1.807, 2.05) is 0 Å². The molecule has 1 saturated heterocycles. The molecule has 0 unspecified atom stereocenters. The minimum Gasteiger partial charge on any atom is -0.366 e. The standard InChI is InChI=1S/C17H15ClFN3O4S2/c18-15-4-2-11(27-15)6-8-28(25,26)21-13-5-7-22(17(13)24)14-3-1-10(16(20)23)9-12(14)19/h1-4,6,8-9,13,21H,5,7H2,(H2,20,23)/t13-/m0/s1. The largest absolute Gasteiger partial charge is 0.366 e. The van der Waals surface area contributed by atoms with Crippen LogP contribution in [-0.4, -0.2) is 32.8 Å². The van der Waals surface area contributed by atoms with Gasteiger partial charge in [-0.25, -0.2) is 12.8 Å². The maximum atomic E-state index is 14.2. The predicted molar refractivity (Wildman–Crippen MR) is 106 cm³/mol. The summed E-state index contributed by atoms with van der Waals surface area (Å²) >= 11 is 7.00. The van der Waals surface area contributed by atoms with Gasteiger partial charge in [-0.15, -0.1) is 11.3 Å². The molecule has 1 aromatic heterocycles. The van der Waals surface area contributed by atoms with Crippen LogP contribution in [0.15, 0.2) is 35.7 Å². The van der Waals surface area contributed by atoms with E-state index in [-0.39, 0.29) is 24.2 Å². The number of amides is 2. The molecule has 1 fully saturated rings. The highest BCUT2D eigenvalue weighted by atomic mass is 35.5. The molecule has 3 rings (SSSR count). The molecule has 28 heavy (non-hydrogen) atoms. The number of benzene rings is 1. The van der Waals surface area contributed by atoms with E-state index in [9.17, 15) is 22.4 Å². The lowest BCUT2D eigenvalue weighted by atomic mass is 10.2. The van der Waals surface area contributed by atoms with E-state index in [1.54, 1.807) is 12.1 Å². The van der Waals surface area contributed by atoms with E-state index in [0.29, 0.717) is 9.21 Å². The highest BCUT2D eigenvalue weighted by Crippen LogP contribution is 2.26. The van der Waals surface area contributed by atoms with Crippen molar-refractivity contribution in [2.75, 3.05) is 11.4 Å². The highest BCUT2D eigenvalue weighted by molar-refractivity contribution is 7.92. The number of halogens is 2. The van der Waals surface area contributed by atoms with Gasteiger partial charge in [-0.05, 0) is 42.8 Å². The maximum Gasteiger partial charge on any atom is 0.248 e. The average Bonchev–Trinajstić information content (AvgIpc) is 3.19. The summed E-state index contributed by atoms with van der Waals surface area (Å²) in [6.45, 7) is 0.128. The van der Waals surface area contributed by atoms with Crippen molar-refractivity contribution in [1.82, 2.24) is 4.72 Å². The predicted octanol–water partition coefficient (Wildman–Crippen LogP) is 2.34. The van der Waals surface area contributed by atoms with Crippen LogP contribution in [0.25, 0.3) is 6.08 Å². The summed E-state index contributed by atoms with van der Waals surface area (Å²) in [6.07, 6.45) is 1.55. The van der Waals surface area contributed by atoms with E-state index >= 15 is 0 Å². The minimum absolute atomic E-state index is 0.0241. The smallest absolute Gasteiger partial charge is 0.248 e. The lowest BCUT2D eigenvalue weighted by Gasteiger charge is -2.18. The van der Waals surface area contributed by atoms with Crippen LogP contribution in [0.1, 0.15) is 21.7 Å². The normalized spacial score (nSPS) is 17.6. The topological polar surface area (TPSA) is 110 Å². The van der Waals surface area contributed by atoms with Crippen molar-refractivity contribution in [2.24, 2.45) is 5.73 Å². The molecule has 11 heteroatoms. The molecule has 148 valence electrons. The first-order valence-corrected chi connectivity index (χ1v) is 10.8. The van der Waals surface area contributed by atoms with Crippen LogP contribution < -0.4 is 15.4 Å². The molecule has 0 aliphatic carbocycles. The Bertz CT molecular complexity index is 1070. The molecular weight excluding hydrogens is 429 g/mol. The SMILES string of the molecule is NC(=O)c1ccc(N2CC[C@H](NS(=O)(=O)C=Cc3ccc(Cl)s3)C2=O)c(F)c1. The van der Waals surface area contributed by atoms with Gasteiger partial charge >= 0.3 is 0 Å². The van der Waals surface area contributed by atoms with Crippen LogP contribution in [0.2, 0.25) is 4.34 Å². The van der Waals surface area contributed by atoms with Gasteiger partial charge in [-0.3, -0.25) is 9.59 Å². The van der Waals surface area contributed by atoms with Crippen molar-refractivity contribution in [1.29, 1.82) is 0 Å². The second-order valence-corrected chi connectivity index (χ2v) is 9.31. The second kappa shape index (κ2) is 8.00.